The molecular weight excluding hydrogens is 340 g/mol. The summed E-state index contributed by atoms with van der Waals surface area (Å²) in [4.78, 5) is 12.4. The van der Waals surface area contributed by atoms with E-state index in [1.54, 1.807) is 18.2 Å². The molecule has 1 aliphatic rings. The summed E-state index contributed by atoms with van der Waals surface area (Å²) in [5.41, 5.74) is 3.60. The molecule has 5 nitrogen and oxygen atoms in total. The van der Waals surface area contributed by atoms with E-state index in [0.29, 0.717) is 17.1 Å². The minimum absolute atomic E-state index is 0.182. The lowest BCUT2D eigenvalue weighted by molar-refractivity contribution is 0.102. The summed E-state index contributed by atoms with van der Waals surface area (Å²) >= 11 is 0. The Balaban J connectivity index is 1.31. The van der Waals surface area contributed by atoms with Crippen molar-refractivity contribution in [3.63, 3.8) is 0 Å². The van der Waals surface area contributed by atoms with E-state index in [-0.39, 0.29) is 12.7 Å². The van der Waals surface area contributed by atoms with E-state index >= 15 is 0 Å². The number of amides is 1. The summed E-state index contributed by atoms with van der Waals surface area (Å²) in [7, 11) is 0. The maximum atomic E-state index is 12.4. The average molecular weight is 360 g/mol. The molecule has 136 valence electrons. The Morgan fingerprint density at radius 2 is 1.59 bits per heavy atom. The molecule has 1 heterocycles. The Kier molecular flexibility index (Phi) is 4.92. The predicted octanol–water partition coefficient (Wildman–Crippen LogP) is 4.32. The van der Waals surface area contributed by atoms with Crippen LogP contribution >= 0.6 is 0 Å². The molecule has 0 aliphatic carbocycles. The van der Waals surface area contributed by atoms with Crippen LogP contribution in [0.15, 0.2) is 72.8 Å². The molecular formula is C22H20N2O3. The zero-order valence-electron chi connectivity index (χ0n) is 14.8. The van der Waals surface area contributed by atoms with Crippen LogP contribution in [0.1, 0.15) is 15.9 Å². The summed E-state index contributed by atoms with van der Waals surface area (Å²) in [5, 5.41) is 6.29. The molecule has 3 aromatic rings. The smallest absolute Gasteiger partial charge is 0.255 e. The van der Waals surface area contributed by atoms with E-state index in [1.165, 1.54) is 5.56 Å². The third-order valence-electron chi connectivity index (χ3n) is 4.36. The number of hydrogen-bond acceptors (Lipinski definition) is 4. The van der Waals surface area contributed by atoms with Gasteiger partial charge in [-0.1, -0.05) is 30.3 Å². The number of hydrogen-bond donors (Lipinski definition) is 2. The summed E-state index contributed by atoms with van der Waals surface area (Å²) in [5.74, 6) is 1.08. The SMILES string of the molecule is O=C(Nc1ccc(NCCc2ccccc2)cc1)c1ccc2c(c1)OCO2. The zero-order valence-corrected chi connectivity index (χ0v) is 14.8. The van der Waals surface area contributed by atoms with Crippen molar-refractivity contribution >= 4 is 17.3 Å². The number of anilines is 2. The number of ether oxygens (including phenoxy) is 2. The molecule has 0 atom stereocenters. The first-order valence-corrected chi connectivity index (χ1v) is 8.87. The van der Waals surface area contributed by atoms with E-state index in [1.807, 2.05) is 42.5 Å². The molecule has 0 saturated heterocycles. The van der Waals surface area contributed by atoms with Gasteiger partial charge in [0.2, 0.25) is 6.79 Å². The molecule has 0 radical (unpaired) electrons. The maximum Gasteiger partial charge on any atom is 0.255 e. The first kappa shape index (κ1) is 17.0. The van der Waals surface area contributed by atoms with Crippen molar-refractivity contribution < 1.29 is 14.3 Å². The van der Waals surface area contributed by atoms with Crippen molar-refractivity contribution in [3.05, 3.63) is 83.9 Å². The number of rotatable bonds is 6. The topological polar surface area (TPSA) is 59.6 Å². The molecule has 1 amide bonds. The lowest BCUT2D eigenvalue weighted by Crippen LogP contribution is -2.12. The van der Waals surface area contributed by atoms with Crippen molar-refractivity contribution in [3.8, 4) is 11.5 Å². The van der Waals surface area contributed by atoms with Crippen molar-refractivity contribution in [1.29, 1.82) is 0 Å². The summed E-state index contributed by atoms with van der Waals surface area (Å²) in [6, 6.07) is 23.2. The molecule has 0 unspecified atom stereocenters. The van der Waals surface area contributed by atoms with Crippen molar-refractivity contribution in [2.24, 2.45) is 0 Å². The number of carbonyl (C=O) groups excluding carboxylic acids is 1. The number of nitrogens with one attached hydrogen (secondary N) is 2. The third kappa shape index (κ3) is 4.20. The van der Waals surface area contributed by atoms with E-state index in [2.05, 4.69) is 22.8 Å². The van der Waals surface area contributed by atoms with Gasteiger partial charge in [0, 0.05) is 23.5 Å². The Bertz CT molecular complexity index is 924. The molecule has 4 rings (SSSR count). The Morgan fingerprint density at radius 3 is 2.41 bits per heavy atom. The molecule has 3 aromatic carbocycles. The lowest BCUT2D eigenvalue weighted by atomic mass is 10.1. The van der Waals surface area contributed by atoms with E-state index in [0.717, 1.165) is 24.3 Å². The van der Waals surface area contributed by atoms with Crippen LogP contribution in [0.5, 0.6) is 11.5 Å². The highest BCUT2D eigenvalue weighted by Gasteiger charge is 2.16. The fourth-order valence-electron chi connectivity index (χ4n) is 2.91. The largest absolute Gasteiger partial charge is 0.454 e. The lowest BCUT2D eigenvalue weighted by Gasteiger charge is -2.09. The van der Waals surface area contributed by atoms with E-state index in [9.17, 15) is 4.79 Å². The van der Waals surface area contributed by atoms with Crippen LogP contribution in [0.4, 0.5) is 11.4 Å². The number of benzene rings is 3. The van der Waals surface area contributed by atoms with Crippen LogP contribution < -0.4 is 20.1 Å². The Hall–Kier alpha value is -3.47. The standard InChI is InChI=1S/C22H20N2O3/c25-22(17-6-11-20-21(14-17)27-15-26-20)24-19-9-7-18(8-10-19)23-13-12-16-4-2-1-3-5-16/h1-11,14,23H,12-13,15H2,(H,24,25). The third-order valence-corrected chi connectivity index (χ3v) is 4.36. The minimum Gasteiger partial charge on any atom is -0.454 e. The van der Waals surface area contributed by atoms with Gasteiger partial charge in [-0.25, -0.2) is 0 Å². The summed E-state index contributed by atoms with van der Waals surface area (Å²) < 4.78 is 10.6. The molecule has 2 N–H and O–H groups in total. The molecule has 0 aromatic heterocycles. The normalized spacial score (nSPS) is 11.9. The highest BCUT2D eigenvalue weighted by atomic mass is 16.7. The maximum absolute atomic E-state index is 12.4. The second kappa shape index (κ2) is 7.83. The molecule has 0 fully saturated rings. The van der Waals surface area contributed by atoms with Gasteiger partial charge in [-0.3, -0.25) is 4.79 Å². The first-order chi connectivity index (χ1) is 13.3. The molecule has 5 heteroatoms. The van der Waals surface area contributed by atoms with Gasteiger partial charge in [-0.05, 0) is 54.4 Å². The monoisotopic (exact) mass is 360 g/mol. The second-order valence-electron chi connectivity index (χ2n) is 6.26. The van der Waals surface area contributed by atoms with Crippen LogP contribution in [0, 0.1) is 0 Å². The molecule has 1 aliphatic heterocycles. The van der Waals surface area contributed by atoms with Crippen LogP contribution in [-0.2, 0) is 6.42 Å². The summed E-state index contributed by atoms with van der Waals surface area (Å²) in [6.07, 6.45) is 0.962. The van der Waals surface area contributed by atoms with Crippen molar-refractivity contribution in [2.45, 2.75) is 6.42 Å². The number of fused-ring (bicyclic) bond motifs is 1. The van der Waals surface area contributed by atoms with Crippen LogP contribution in [0.25, 0.3) is 0 Å². The Labute approximate surface area is 157 Å². The second-order valence-corrected chi connectivity index (χ2v) is 6.26. The zero-order chi connectivity index (χ0) is 18.5. The highest BCUT2D eigenvalue weighted by molar-refractivity contribution is 6.04. The molecule has 0 saturated carbocycles. The first-order valence-electron chi connectivity index (χ1n) is 8.87. The number of carbonyl (C=O) groups is 1. The van der Waals surface area contributed by atoms with Gasteiger partial charge in [0.15, 0.2) is 11.5 Å². The van der Waals surface area contributed by atoms with E-state index in [4.69, 9.17) is 9.47 Å². The quantitative estimate of drug-likeness (QED) is 0.687. The van der Waals surface area contributed by atoms with Crippen molar-refractivity contribution in [1.82, 2.24) is 0 Å². The van der Waals surface area contributed by atoms with Crippen LogP contribution in [0.2, 0.25) is 0 Å². The van der Waals surface area contributed by atoms with Gasteiger partial charge in [-0.15, -0.1) is 0 Å². The fraction of sp³-hybridized carbons (Fsp3) is 0.136. The van der Waals surface area contributed by atoms with Crippen LogP contribution in [0.3, 0.4) is 0 Å². The van der Waals surface area contributed by atoms with Crippen molar-refractivity contribution in [2.75, 3.05) is 24.0 Å². The minimum atomic E-state index is -0.182. The van der Waals surface area contributed by atoms with E-state index < -0.39 is 0 Å². The van der Waals surface area contributed by atoms with Gasteiger partial charge in [-0.2, -0.15) is 0 Å². The molecule has 0 spiro atoms. The Morgan fingerprint density at radius 1 is 0.852 bits per heavy atom. The molecule has 27 heavy (non-hydrogen) atoms. The molecule has 0 bridgehead atoms. The van der Waals surface area contributed by atoms with Crippen LogP contribution in [-0.4, -0.2) is 19.2 Å². The van der Waals surface area contributed by atoms with Gasteiger partial charge in [0.05, 0.1) is 0 Å². The fourth-order valence-corrected chi connectivity index (χ4v) is 2.91. The average Bonchev–Trinajstić information content (AvgIpc) is 3.18. The van der Waals surface area contributed by atoms with Gasteiger partial charge < -0.3 is 20.1 Å². The van der Waals surface area contributed by atoms with Gasteiger partial charge in [0.25, 0.3) is 5.91 Å². The van der Waals surface area contributed by atoms with Gasteiger partial charge >= 0.3 is 0 Å². The van der Waals surface area contributed by atoms with Gasteiger partial charge in [0.1, 0.15) is 0 Å². The summed E-state index contributed by atoms with van der Waals surface area (Å²) in [6.45, 7) is 1.05. The predicted molar refractivity (Wildman–Crippen MR) is 106 cm³/mol. The highest BCUT2D eigenvalue weighted by Crippen LogP contribution is 2.32.